The van der Waals surface area contributed by atoms with Crippen LogP contribution in [0.5, 0.6) is 11.5 Å². The first-order valence-electron chi connectivity index (χ1n) is 9.41. The molecule has 8 heteroatoms. The summed E-state index contributed by atoms with van der Waals surface area (Å²) in [5, 5.41) is 7.16. The molecule has 0 spiro atoms. The van der Waals surface area contributed by atoms with Crippen LogP contribution in [0, 0.1) is 17.4 Å². The number of nitrogens with zero attached hydrogens (tertiary/aromatic N) is 2. The van der Waals surface area contributed by atoms with Crippen molar-refractivity contribution in [3.05, 3.63) is 69.1 Å². The molecule has 0 saturated heterocycles. The topological polar surface area (TPSA) is 76.9 Å². The first-order chi connectivity index (χ1) is 14.5. The summed E-state index contributed by atoms with van der Waals surface area (Å²) in [4.78, 5) is 12.1. The van der Waals surface area contributed by atoms with Crippen LogP contribution in [-0.4, -0.2) is 30.0 Å². The van der Waals surface area contributed by atoms with Gasteiger partial charge >= 0.3 is 0 Å². The van der Waals surface area contributed by atoms with Gasteiger partial charge in [-0.15, -0.1) is 0 Å². The van der Waals surface area contributed by atoms with E-state index in [0.29, 0.717) is 11.5 Å². The van der Waals surface area contributed by atoms with Gasteiger partial charge in [0.1, 0.15) is 0 Å². The summed E-state index contributed by atoms with van der Waals surface area (Å²) in [5.74, 6) is 1.13. The molecule has 0 radical (unpaired) electrons. The lowest BCUT2D eigenvalue weighted by Crippen LogP contribution is -2.25. The third kappa shape index (κ3) is 4.43. The van der Waals surface area contributed by atoms with Crippen molar-refractivity contribution in [2.24, 2.45) is 5.10 Å². The lowest BCUT2D eigenvalue weighted by molar-refractivity contribution is -0.119. The Labute approximate surface area is 188 Å². The highest BCUT2D eigenvalue weighted by molar-refractivity contribution is 14.1. The normalized spacial score (nSPS) is 12.4. The maximum Gasteiger partial charge on any atom is 0.259 e. The smallest absolute Gasteiger partial charge is 0.259 e. The molecule has 3 aromatic rings. The molecule has 2 aromatic carbocycles. The number of hydrazone groups is 1. The zero-order valence-corrected chi connectivity index (χ0v) is 18.8. The van der Waals surface area contributed by atoms with Crippen LogP contribution < -0.4 is 20.2 Å². The molecular formula is C22H21IN4O3. The third-order valence-corrected chi connectivity index (χ3v) is 5.49. The Hall–Kier alpha value is -3.01. The van der Waals surface area contributed by atoms with Gasteiger partial charge in [0, 0.05) is 38.0 Å². The fourth-order valence-corrected chi connectivity index (χ4v) is 3.67. The lowest BCUT2D eigenvalue weighted by atomic mass is 10.2. The van der Waals surface area contributed by atoms with E-state index < -0.39 is 0 Å². The number of halogens is 1. The lowest BCUT2D eigenvalue weighted by Gasteiger charge is -2.09. The predicted octanol–water partition coefficient (Wildman–Crippen LogP) is 3.99. The van der Waals surface area contributed by atoms with E-state index in [2.05, 4.69) is 74.2 Å². The summed E-state index contributed by atoms with van der Waals surface area (Å²) >= 11 is 2.29. The van der Waals surface area contributed by atoms with Crippen molar-refractivity contribution in [1.82, 2.24) is 9.99 Å². The highest BCUT2D eigenvalue weighted by atomic mass is 127. The van der Waals surface area contributed by atoms with Gasteiger partial charge in [-0.05, 0) is 78.9 Å². The summed E-state index contributed by atoms with van der Waals surface area (Å²) in [6.45, 7) is 4.41. The number of aromatic nitrogens is 1. The van der Waals surface area contributed by atoms with E-state index >= 15 is 0 Å². The minimum Gasteiger partial charge on any atom is -0.454 e. The number of carbonyl (C=O) groups excluding carboxylic acids is 1. The molecule has 2 heterocycles. The molecule has 1 aromatic heterocycles. The Morgan fingerprint density at radius 1 is 1.13 bits per heavy atom. The van der Waals surface area contributed by atoms with Crippen molar-refractivity contribution < 1.29 is 14.3 Å². The molecule has 1 amide bonds. The minimum atomic E-state index is -0.240. The molecule has 0 unspecified atom stereocenters. The summed E-state index contributed by atoms with van der Waals surface area (Å²) < 4.78 is 14.0. The maximum atomic E-state index is 12.1. The molecular weight excluding hydrogens is 495 g/mol. The van der Waals surface area contributed by atoms with E-state index in [1.54, 1.807) is 12.3 Å². The molecule has 0 saturated carbocycles. The van der Waals surface area contributed by atoms with Crippen molar-refractivity contribution in [3.63, 3.8) is 0 Å². The van der Waals surface area contributed by atoms with Crippen LogP contribution in [0.15, 0.2) is 53.6 Å². The second-order valence-electron chi connectivity index (χ2n) is 6.85. The number of benzene rings is 2. The highest BCUT2D eigenvalue weighted by Crippen LogP contribution is 2.34. The van der Waals surface area contributed by atoms with Crippen LogP contribution >= 0.6 is 22.6 Å². The van der Waals surface area contributed by atoms with Gasteiger partial charge in [0.05, 0.1) is 12.8 Å². The molecule has 0 atom stereocenters. The van der Waals surface area contributed by atoms with Crippen molar-refractivity contribution in [2.45, 2.75) is 13.8 Å². The zero-order valence-electron chi connectivity index (χ0n) is 16.6. The number of fused-ring (bicyclic) bond motifs is 1. The van der Waals surface area contributed by atoms with Gasteiger partial charge in [0.15, 0.2) is 11.5 Å². The van der Waals surface area contributed by atoms with Gasteiger partial charge in [-0.25, -0.2) is 5.43 Å². The number of hydrogen-bond donors (Lipinski definition) is 2. The number of anilines is 1. The molecule has 1 aliphatic rings. The van der Waals surface area contributed by atoms with E-state index in [0.717, 1.165) is 28.3 Å². The SMILES string of the molecule is Cc1cc(/C=N\NC(=O)CNc2ccc3c(c2)OCO3)c(C)n1-c1ccc(I)cc1. The van der Waals surface area contributed by atoms with Gasteiger partial charge in [0.2, 0.25) is 6.79 Å². The first kappa shape index (κ1) is 20.3. The monoisotopic (exact) mass is 516 g/mol. The van der Waals surface area contributed by atoms with Crippen LogP contribution in [0.25, 0.3) is 5.69 Å². The molecule has 0 aliphatic carbocycles. The van der Waals surface area contributed by atoms with E-state index in [4.69, 9.17) is 9.47 Å². The highest BCUT2D eigenvalue weighted by Gasteiger charge is 2.13. The average Bonchev–Trinajstić information content (AvgIpc) is 3.31. The van der Waals surface area contributed by atoms with Gasteiger partial charge in [0.25, 0.3) is 5.91 Å². The Kier molecular flexibility index (Phi) is 5.93. The Morgan fingerprint density at radius 3 is 2.70 bits per heavy atom. The van der Waals surface area contributed by atoms with E-state index in [-0.39, 0.29) is 19.2 Å². The maximum absolute atomic E-state index is 12.1. The quantitative estimate of drug-likeness (QED) is 0.295. The van der Waals surface area contributed by atoms with Crippen LogP contribution in [-0.2, 0) is 4.79 Å². The van der Waals surface area contributed by atoms with Crippen LogP contribution in [0.3, 0.4) is 0 Å². The summed E-state index contributed by atoms with van der Waals surface area (Å²) in [6.07, 6.45) is 1.67. The molecule has 1 aliphatic heterocycles. The number of ether oxygens (including phenoxy) is 2. The van der Waals surface area contributed by atoms with Crippen LogP contribution in [0.2, 0.25) is 0 Å². The predicted molar refractivity (Wildman–Crippen MR) is 125 cm³/mol. The number of carbonyl (C=O) groups is 1. The molecule has 0 bridgehead atoms. The van der Waals surface area contributed by atoms with E-state index in [1.165, 1.54) is 3.57 Å². The number of hydrogen-bond acceptors (Lipinski definition) is 5. The molecule has 2 N–H and O–H groups in total. The molecule has 4 rings (SSSR count). The standard InChI is InChI=1S/C22H21IN4O3/c1-14-9-16(15(2)27(14)19-6-3-17(23)4-7-19)11-25-26-22(28)12-24-18-5-8-20-21(10-18)30-13-29-20/h3-11,24H,12-13H2,1-2H3,(H,26,28)/b25-11-. The van der Waals surface area contributed by atoms with Crippen molar-refractivity contribution in [3.8, 4) is 17.2 Å². The first-order valence-corrected chi connectivity index (χ1v) is 10.5. The van der Waals surface area contributed by atoms with Gasteiger partial charge in [-0.1, -0.05) is 0 Å². The molecule has 7 nitrogen and oxygen atoms in total. The number of rotatable bonds is 6. The largest absolute Gasteiger partial charge is 0.454 e. The zero-order chi connectivity index (χ0) is 21.1. The summed E-state index contributed by atoms with van der Waals surface area (Å²) in [7, 11) is 0. The minimum absolute atomic E-state index is 0.0959. The Morgan fingerprint density at radius 2 is 1.90 bits per heavy atom. The summed E-state index contributed by atoms with van der Waals surface area (Å²) in [6, 6.07) is 15.8. The van der Waals surface area contributed by atoms with Gasteiger partial charge in [-0.3, -0.25) is 4.79 Å². The van der Waals surface area contributed by atoms with E-state index in [1.807, 2.05) is 25.1 Å². The average molecular weight is 516 g/mol. The second kappa shape index (κ2) is 8.78. The fourth-order valence-electron chi connectivity index (χ4n) is 3.31. The van der Waals surface area contributed by atoms with Crippen LogP contribution in [0.1, 0.15) is 17.0 Å². The number of amides is 1. The Bertz CT molecular complexity index is 1110. The number of aryl methyl sites for hydroxylation is 1. The van der Waals surface area contributed by atoms with Crippen molar-refractivity contribution in [1.29, 1.82) is 0 Å². The summed E-state index contributed by atoms with van der Waals surface area (Å²) in [5.41, 5.74) is 7.55. The third-order valence-electron chi connectivity index (χ3n) is 4.77. The van der Waals surface area contributed by atoms with Crippen LogP contribution in [0.4, 0.5) is 5.69 Å². The fraction of sp³-hybridized carbons (Fsp3) is 0.182. The Balaban J connectivity index is 1.35. The second-order valence-corrected chi connectivity index (χ2v) is 8.10. The van der Waals surface area contributed by atoms with Crippen molar-refractivity contribution >= 4 is 40.4 Å². The number of nitrogens with one attached hydrogen (secondary N) is 2. The van der Waals surface area contributed by atoms with Gasteiger partial charge in [-0.2, -0.15) is 5.10 Å². The molecule has 30 heavy (non-hydrogen) atoms. The molecule has 0 fully saturated rings. The molecule has 154 valence electrons. The van der Waals surface area contributed by atoms with E-state index in [9.17, 15) is 4.79 Å². The van der Waals surface area contributed by atoms with Gasteiger partial charge < -0.3 is 19.4 Å². The van der Waals surface area contributed by atoms with Crippen molar-refractivity contribution in [2.75, 3.05) is 18.7 Å².